The van der Waals surface area contributed by atoms with Gasteiger partial charge >= 0.3 is 5.76 Å². The van der Waals surface area contributed by atoms with E-state index in [1.54, 1.807) is 35.2 Å². The Kier molecular flexibility index (Phi) is 2.87. The van der Waals surface area contributed by atoms with E-state index in [4.69, 9.17) is 10.2 Å². The van der Waals surface area contributed by atoms with Crippen LogP contribution in [0, 0.1) is 0 Å². The Morgan fingerprint density at radius 3 is 2.95 bits per heavy atom. The maximum Gasteiger partial charge on any atom is 0.420 e. The molecule has 5 nitrogen and oxygen atoms in total. The molecule has 0 saturated heterocycles. The van der Waals surface area contributed by atoms with Crippen molar-refractivity contribution in [1.29, 1.82) is 0 Å². The number of nitrogen functional groups attached to an aromatic ring is 1. The zero-order valence-corrected chi connectivity index (χ0v) is 11.4. The normalized spacial score (nSPS) is 11.0. The van der Waals surface area contributed by atoms with E-state index in [-0.39, 0.29) is 0 Å². The van der Waals surface area contributed by atoms with Crippen LogP contribution in [-0.4, -0.2) is 9.55 Å². The number of nitrogens with zero attached hydrogens (tertiary/aromatic N) is 2. The number of fused-ring (bicyclic) bond motifs is 1. The summed E-state index contributed by atoms with van der Waals surface area (Å²) in [6, 6.07) is 7.08. The second-order valence-electron chi connectivity index (χ2n) is 4.19. The molecule has 0 fully saturated rings. The first-order valence-corrected chi connectivity index (χ1v) is 6.41. The highest BCUT2D eigenvalue weighted by Crippen LogP contribution is 2.18. The SMILES string of the molecule is Nc1ccc2c(c1)oc(=O)n2Cc1cncc(Br)c1. The van der Waals surface area contributed by atoms with Crippen molar-refractivity contribution in [2.45, 2.75) is 6.54 Å². The van der Waals surface area contributed by atoms with Crippen LogP contribution in [0.1, 0.15) is 5.56 Å². The molecule has 0 aliphatic carbocycles. The first-order valence-electron chi connectivity index (χ1n) is 5.62. The number of hydrogen-bond donors (Lipinski definition) is 1. The van der Waals surface area contributed by atoms with Crippen LogP contribution >= 0.6 is 15.9 Å². The van der Waals surface area contributed by atoms with Gasteiger partial charge in [0.25, 0.3) is 0 Å². The summed E-state index contributed by atoms with van der Waals surface area (Å²) in [6.45, 7) is 0.405. The zero-order valence-electron chi connectivity index (χ0n) is 9.84. The molecular formula is C13H10BrN3O2. The summed E-state index contributed by atoms with van der Waals surface area (Å²) in [6.07, 6.45) is 3.41. The molecule has 0 aliphatic heterocycles. The molecule has 0 amide bonds. The molecule has 2 heterocycles. The van der Waals surface area contributed by atoms with Crippen LogP contribution in [0.3, 0.4) is 0 Å². The highest BCUT2D eigenvalue weighted by atomic mass is 79.9. The van der Waals surface area contributed by atoms with Gasteiger partial charge in [-0.2, -0.15) is 0 Å². The second kappa shape index (κ2) is 4.55. The van der Waals surface area contributed by atoms with Crippen molar-refractivity contribution < 1.29 is 4.42 Å². The smallest absolute Gasteiger partial charge is 0.408 e. The van der Waals surface area contributed by atoms with Crippen molar-refractivity contribution in [3.8, 4) is 0 Å². The van der Waals surface area contributed by atoms with Crippen molar-refractivity contribution in [1.82, 2.24) is 9.55 Å². The van der Waals surface area contributed by atoms with Crippen molar-refractivity contribution in [3.05, 3.63) is 57.2 Å². The average molecular weight is 320 g/mol. The molecule has 3 rings (SSSR count). The van der Waals surface area contributed by atoms with Gasteiger partial charge in [-0.15, -0.1) is 0 Å². The van der Waals surface area contributed by atoms with E-state index in [9.17, 15) is 4.79 Å². The Morgan fingerprint density at radius 1 is 1.32 bits per heavy atom. The molecule has 0 unspecified atom stereocenters. The number of oxazole rings is 1. The van der Waals surface area contributed by atoms with E-state index in [1.165, 1.54) is 0 Å². The molecule has 0 atom stereocenters. The summed E-state index contributed by atoms with van der Waals surface area (Å²) in [5.41, 5.74) is 8.36. The summed E-state index contributed by atoms with van der Waals surface area (Å²) < 4.78 is 7.60. The van der Waals surface area contributed by atoms with E-state index in [1.807, 2.05) is 6.07 Å². The van der Waals surface area contributed by atoms with Crippen molar-refractivity contribution >= 4 is 32.7 Å². The largest absolute Gasteiger partial charge is 0.420 e. The van der Waals surface area contributed by atoms with Crippen LogP contribution in [0.25, 0.3) is 11.1 Å². The molecule has 0 spiro atoms. The summed E-state index contributed by atoms with van der Waals surface area (Å²) >= 11 is 3.35. The van der Waals surface area contributed by atoms with Gasteiger partial charge in [0.2, 0.25) is 0 Å². The number of rotatable bonds is 2. The van der Waals surface area contributed by atoms with Gasteiger partial charge in [-0.05, 0) is 39.7 Å². The highest BCUT2D eigenvalue weighted by Gasteiger charge is 2.10. The van der Waals surface area contributed by atoms with E-state index >= 15 is 0 Å². The molecule has 96 valence electrons. The third-order valence-corrected chi connectivity index (χ3v) is 3.23. The molecule has 0 saturated carbocycles. The van der Waals surface area contributed by atoms with E-state index in [0.717, 1.165) is 15.6 Å². The lowest BCUT2D eigenvalue weighted by molar-refractivity contribution is 0.517. The van der Waals surface area contributed by atoms with Crippen LogP contribution in [0.2, 0.25) is 0 Å². The van der Waals surface area contributed by atoms with E-state index < -0.39 is 5.76 Å². The van der Waals surface area contributed by atoms with Gasteiger partial charge in [0.15, 0.2) is 5.58 Å². The van der Waals surface area contributed by atoms with Gasteiger partial charge in [0.1, 0.15) is 0 Å². The van der Waals surface area contributed by atoms with Crippen LogP contribution in [0.5, 0.6) is 0 Å². The fourth-order valence-electron chi connectivity index (χ4n) is 1.96. The molecule has 19 heavy (non-hydrogen) atoms. The number of anilines is 1. The minimum absolute atomic E-state index is 0.402. The third kappa shape index (κ3) is 2.26. The monoisotopic (exact) mass is 319 g/mol. The summed E-state index contributed by atoms with van der Waals surface area (Å²) in [4.78, 5) is 15.9. The average Bonchev–Trinajstić information content (AvgIpc) is 2.65. The highest BCUT2D eigenvalue weighted by molar-refractivity contribution is 9.10. The number of nitrogens with two attached hydrogens (primary N) is 1. The van der Waals surface area contributed by atoms with Crippen LogP contribution in [0.15, 0.2) is 50.3 Å². The molecule has 2 N–H and O–H groups in total. The molecule has 0 aliphatic rings. The Bertz CT molecular complexity index is 807. The number of hydrogen-bond acceptors (Lipinski definition) is 4. The zero-order chi connectivity index (χ0) is 13.4. The lowest BCUT2D eigenvalue weighted by Crippen LogP contribution is -2.14. The Morgan fingerprint density at radius 2 is 2.16 bits per heavy atom. The maximum absolute atomic E-state index is 11.9. The Hall–Kier alpha value is -2.08. The lowest BCUT2D eigenvalue weighted by atomic mass is 10.2. The first-order chi connectivity index (χ1) is 9.13. The number of halogens is 1. The first kappa shape index (κ1) is 12.0. The molecule has 6 heteroatoms. The molecule has 1 aromatic carbocycles. The maximum atomic E-state index is 11.9. The summed E-state index contributed by atoms with van der Waals surface area (Å²) in [5.74, 6) is -0.402. The standard InChI is InChI=1S/C13H10BrN3O2/c14-9-3-8(5-16-6-9)7-17-11-2-1-10(15)4-12(11)19-13(17)18/h1-6H,7,15H2. The van der Waals surface area contributed by atoms with Crippen molar-refractivity contribution in [2.24, 2.45) is 0 Å². The number of benzene rings is 1. The minimum Gasteiger partial charge on any atom is -0.408 e. The molecular weight excluding hydrogens is 310 g/mol. The molecule has 0 radical (unpaired) electrons. The lowest BCUT2D eigenvalue weighted by Gasteiger charge is -2.02. The van der Waals surface area contributed by atoms with Crippen molar-refractivity contribution in [3.63, 3.8) is 0 Å². The van der Waals surface area contributed by atoms with Gasteiger partial charge in [-0.1, -0.05) is 0 Å². The molecule has 0 bridgehead atoms. The van der Waals surface area contributed by atoms with Gasteiger partial charge in [-0.3, -0.25) is 9.55 Å². The van der Waals surface area contributed by atoms with Gasteiger partial charge in [-0.25, -0.2) is 4.79 Å². The number of pyridine rings is 1. The Balaban J connectivity index is 2.10. The minimum atomic E-state index is -0.402. The topological polar surface area (TPSA) is 74.0 Å². The second-order valence-corrected chi connectivity index (χ2v) is 5.11. The third-order valence-electron chi connectivity index (χ3n) is 2.79. The predicted molar refractivity (Wildman–Crippen MR) is 75.9 cm³/mol. The van der Waals surface area contributed by atoms with Gasteiger partial charge in [0.05, 0.1) is 12.1 Å². The summed E-state index contributed by atoms with van der Waals surface area (Å²) in [7, 11) is 0. The predicted octanol–water partition coefficient (Wildman–Crippen LogP) is 2.38. The number of aromatic nitrogens is 2. The quantitative estimate of drug-likeness (QED) is 0.736. The summed E-state index contributed by atoms with van der Waals surface area (Å²) in [5, 5.41) is 0. The van der Waals surface area contributed by atoms with Crippen LogP contribution < -0.4 is 11.5 Å². The van der Waals surface area contributed by atoms with Gasteiger partial charge < -0.3 is 10.2 Å². The molecule has 3 aromatic rings. The van der Waals surface area contributed by atoms with Gasteiger partial charge in [0, 0.05) is 28.6 Å². The van der Waals surface area contributed by atoms with Crippen LogP contribution in [-0.2, 0) is 6.54 Å². The fraction of sp³-hybridized carbons (Fsp3) is 0.0769. The van der Waals surface area contributed by atoms with Crippen LogP contribution in [0.4, 0.5) is 5.69 Å². The van der Waals surface area contributed by atoms with Crippen molar-refractivity contribution in [2.75, 3.05) is 5.73 Å². The van der Waals surface area contributed by atoms with E-state index in [2.05, 4.69) is 20.9 Å². The van der Waals surface area contributed by atoms with E-state index in [0.29, 0.717) is 17.8 Å². The Labute approximate surface area is 116 Å². The molecule has 2 aromatic heterocycles. The fourth-order valence-corrected chi connectivity index (χ4v) is 2.37.